The van der Waals surface area contributed by atoms with Crippen molar-refractivity contribution in [3.63, 3.8) is 0 Å². The van der Waals surface area contributed by atoms with Crippen molar-refractivity contribution in [1.82, 2.24) is 0 Å². The van der Waals surface area contributed by atoms with Gasteiger partial charge in [0.15, 0.2) is 0 Å². The van der Waals surface area contributed by atoms with Crippen LogP contribution >= 0.6 is 41.3 Å². The Hall–Kier alpha value is 0.650. The molecular weight excluding hydrogens is 185 g/mol. The maximum atomic E-state index is 5.66. The molecule has 1 aromatic rings. The Morgan fingerprint density at radius 3 is 2.12 bits per heavy atom. The van der Waals surface area contributed by atoms with E-state index in [9.17, 15) is 0 Å². The lowest BCUT2D eigenvalue weighted by molar-refractivity contribution is 2.01. The molecule has 1 atom stereocenters. The SMILES string of the molecule is Clc1ccp(Cl)c1Cl. The summed E-state index contributed by atoms with van der Waals surface area (Å²) in [6, 6.07) is 1.72. The van der Waals surface area contributed by atoms with Crippen LogP contribution in [0.3, 0.4) is 0 Å². The van der Waals surface area contributed by atoms with Crippen LogP contribution in [0, 0.1) is 0 Å². The van der Waals surface area contributed by atoms with Gasteiger partial charge in [-0.2, -0.15) is 0 Å². The molecule has 0 aliphatic rings. The molecule has 0 saturated carbocycles. The van der Waals surface area contributed by atoms with Crippen LogP contribution in [0.15, 0.2) is 11.9 Å². The van der Waals surface area contributed by atoms with Crippen molar-refractivity contribution >= 4 is 41.3 Å². The lowest BCUT2D eigenvalue weighted by Gasteiger charge is -1.81. The average Bonchev–Trinajstić information content (AvgIpc) is 1.98. The first-order chi connectivity index (χ1) is 3.72. The van der Waals surface area contributed by atoms with Crippen LogP contribution in [0.1, 0.15) is 0 Å². The molecule has 1 aromatic heterocycles. The molecule has 0 amide bonds. The Labute approximate surface area is 63.2 Å². The molecule has 0 nitrogen and oxygen atoms in total. The summed E-state index contributed by atoms with van der Waals surface area (Å²) < 4.78 is 0.586. The van der Waals surface area contributed by atoms with E-state index in [1.165, 1.54) is 0 Å². The Morgan fingerprint density at radius 1 is 1.38 bits per heavy atom. The first-order valence-corrected chi connectivity index (χ1v) is 4.97. The van der Waals surface area contributed by atoms with Crippen molar-refractivity contribution in [2.75, 3.05) is 0 Å². The molecule has 44 valence electrons. The molecule has 0 spiro atoms. The highest BCUT2D eigenvalue weighted by molar-refractivity contribution is 7.79. The van der Waals surface area contributed by atoms with Gasteiger partial charge in [-0.05, 0) is 18.8 Å². The fourth-order valence-corrected chi connectivity index (χ4v) is 2.28. The van der Waals surface area contributed by atoms with Crippen molar-refractivity contribution in [3.8, 4) is 0 Å². The van der Waals surface area contributed by atoms with Crippen molar-refractivity contribution in [1.29, 1.82) is 0 Å². The van der Waals surface area contributed by atoms with Crippen LogP contribution in [0.2, 0.25) is 9.78 Å². The monoisotopic (exact) mass is 186 g/mol. The van der Waals surface area contributed by atoms with Crippen LogP contribution < -0.4 is 0 Å². The van der Waals surface area contributed by atoms with Crippen molar-refractivity contribution in [2.24, 2.45) is 0 Å². The molecule has 0 saturated heterocycles. The summed E-state index contributed by atoms with van der Waals surface area (Å²) >= 11 is 16.8. The second kappa shape index (κ2) is 2.49. The molecule has 0 aliphatic carbocycles. The van der Waals surface area contributed by atoms with E-state index in [-0.39, 0.29) is 0 Å². The molecule has 0 fully saturated rings. The third kappa shape index (κ3) is 1.14. The molecule has 0 N–H and O–H groups in total. The molecule has 4 heteroatoms. The number of hydrogen-bond acceptors (Lipinski definition) is 0. The lowest BCUT2D eigenvalue weighted by Crippen LogP contribution is -1.44. The largest absolute Gasteiger partial charge is 0.0931 e. The standard InChI is InChI=1S/C4H2Cl3P/c5-3-1-2-8(7)4(3)6/h1-2H. The van der Waals surface area contributed by atoms with Crippen molar-refractivity contribution in [3.05, 3.63) is 21.6 Å². The van der Waals surface area contributed by atoms with Gasteiger partial charge in [0.05, 0.1) is 9.78 Å². The summed E-state index contributed by atoms with van der Waals surface area (Å²) in [5.41, 5.74) is 0. The molecule has 0 bridgehead atoms. The molecule has 0 aromatic carbocycles. The Morgan fingerprint density at radius 2 is 2.00 bits per heavy atom. The summed E-state index contributed by atoms with van der Waals surface area (Å²) in [5.74, 6) is 1.81. The zero-order valence-corrected chi connectivity index (χ0v) is 6.90. The summed E-state index contributed by atoms with van der Waals surface area (Å²) in [7, 11) is 0. The second-order valence-corrected chi connectivity index (χ2v) is 4.77. The lowest BCUT2D eigenvalue weighted by atomic mass is 10.7. The number of halogens is 3. The Kier molecular flexibility index (Phi) is 2.11. The van der Waals surface area contributed by atoms with Gasteiger partial charge >= 0.3 is 0 Å². The predicted octanol–water partition coefficient (Wildman–Crippen LogP) is 3.98. The quantitative estimate of drug-likeness (QED) is 0.576. The molecule has 0 radical (unpaired) electrons. The van der Waals surface area contributed by atoms with Crippen molar-refractivity contribution in [2.45, 2.75) is 0 Å². The van der Waals surface area contributed by atoms with Crippen LogP contribution in [0.4, 0.5) is 0 Å². The molecular formula is C4H2Cl3P. The average molecular weight is 187 g/mol. The van der Waals surface area contributed by atoms with Crippen molar-refractivity contribution < 1.29 is 0 Å². The van der Waals surface area contributed by atoms with Gasteiger partial charge in [-0.1, -0.05) is 34.4 Å². The highest BCUT2D eigenvalue weighted by atomic mass is 35.7. The van der Waals surface area contributed by atoms with Crippen LogP contribution in [0.25, 0.3) is 0 Å². The second-order valence-electron chi connectivity index (χ2n) is 1.27. The number of hydrogen-bond donors (Lipinski definition) is 0. The van der Waals surface area contributed by atoms with Gasteiger partial charge in [-0.25, -0.2) is 0 Å². The van der Waals surface area contributed by atoms with Gasteiger partial charge in [0.2, 0.25) is 0 Å². The topological polar surface area (TPSA) is 0 Å². The van der Waals surface area contributed by atoms with E-state index < -0.39 is 6.89 Å². The highest BCUT2D eigenvalue weighted by Gasteiger charge is 2.00. The molecule has 0 aliphatic heterocycles. The fourth-order valence-electron chi connectivity index (χ4n) is 0.367. The molecule has 1 unspecified atom stereocenters. The minimum absolute atomic E-state index is 0.577. The zero-order chi connectivity index (χ0) is 6.15. The third-order valence-electron chi connectivity index (χ3n) is 0.736. The smallest absolute Gasteiger partial charge is 0.0823 e. The normalized spacial score (nSPS) is 12.1. The first kappa shape index (κ1) is 6.77. The van der Waals surface area contributed by atoms with E-state index in [1.807, 2.05) is 5.80 Å². The zero-order valence-electron chi connectivity index (χ0n) is 3.74. The van der Waals surface area contributed by atoms with E-state index in [1.54, 1.807) is 6.07 Å². The van der Waals surface area contributed by atoms with E-state index in [2.05, 4.69) is 0 Å². The minimum Gasteiger partial charge on any atom is -0.0823 e. The van der Waals surface area contributed by atoms with Gasteiger partial charge < -0.3 is 0 Å². The van der Waals surface area contributed by atoms with Crippen LogP contribution in [-0.4, -0.2) is 0 Å². The predicted molar refractivity (Wildman–Crippen MR) is 40.4 cm³/mol. The maximum absolute atomic E-state index is 5.66. The first-order valence-electron chi connectivity index (χ1n) is 1.90. The summed E-state index contributed by atoms with van der Waals surface area (Å²) in [4.78, 5) is 0. The number of rotatable bonds is 0. The minimum atomic E-state index is -0.761. The van der Waals surface area contributed by atoms with Crippen LogP contribution in [0.5, 0.6) is 0 Å². The highest BCUT2D eigenvalue weighted by Crippen LogP contribution is 2.46. The maximum Gasteiger partial charge on any atom is 0.0931 e. The van der Waals surface area contributed by atoms with Gasteiger partial charge in [0, 0.05) is 0 Å². The van der Waals surface area contributed by atoms with Gasteiger partial charge in [-0.3, -0.25) is 0 Å². The van der Waals surface area contributed by atoms with Gasteiger partial charge in [-0.15, -0.1) is 0 Å². The Balaban J connectivity index is 3.19. The summed E-state index contributed by atoms with van der Waals surface area (Å²) in [6.45, 7) is -0.761. The summed E-state index contributed by atoms with van der Waals surface area (Å²) in [6.07, 6.45) is 0. The molecule has 8 heavy (non-hydrogen) atoms. The van der Waals surface area contributed by atoms with E-state index in [4.69, 9.17) is 34.4 Å². The fraction of sp³-hybridized carbons (Fsp3) is 0. The molecule has 1 rings (SSSR count). The van der Waals surface area contributed by atoms with E-state index >= 15 is 0 Å². The summed E-state index contributed by atoms with van der Waals surface area (Å²) in [5, 5.41) is 0.577. The Bertz CT molecular complexity index is 174. The van der Waals surface area contributed by atoms with E-state index in [0.29, 0.717) is 9.78 Å². The molecule has 1 heterocycles. The van der Waals surface area contributed by atoms with Gasteiger partial charge in [0.25, 0.3) is 0 Å². The third-order valence-corrected chi connectivity index (χ3v) is 4.16. The van der Waals surface area contributed by atoms with Crippen LogP contribution in [-0.2, 0) is 0 Å². The van der Waals surface area contributed by atoms with Gasteiger partial charge in [0.1, 0.15) is 0 Å². The van der Waals surface area contributed by atoms with E-state index in [0.717, 1.165) is 0 Å².